The third-order valence-electron chi connectivity index (χ3n) is 4.17. The number of ether oxygens (including phenoxy) is 3. The molecular formula is C19H16N2O6. The average Bonchev–Trinajstić information content (AvgIpc) is 3.33. The van der Waals surface area contributed by atoms with Gasteiger partial charge in [-0.3, -0.25) is 4.98 Å². The van der Waals surface area contributed by atoms with E-state index in [0.29, 0.717) is 45.4 Å². The summed E-state index contributed by atoms with van der Waals surface area (Å²) in [4.78, 5) is 18.0. The Morgan fingerprint density at radius 2 is 1.81 bits per heavy atom. The smallest absolute Gasteiger partial charge is 0.347 e. The van der Waals surface area contributed by atoms with E-state index in [2.05, 4.69) is 9.97 Å². The Labute approximate surface area is 153 Å². The van der Waals surface area contributed by atoms with Gasteiger partial charge in [-0.2, -0.15) is 0 Å². The fraction of sp³-hybridized carbons (Fsp3) is 0.158. The van der Waals surface area contributed by atoms with Crippen molar-refractivity contribution in [1.82, 2.24) is 9.97 Å². The van der Waals surface area contributed by atoms with Crippen LogP contribution in [0.4, 0.5) is 0 Å². The lowest BCUT2D eigenvalue weighted by Crippen LogP contribution is -2.07. The van der Waals surface area contributed by atoms with E-state index in [-0.39, 0.29) is 0 Å². The summed E-state index contributed by atoms with van der Waals surface area (Å²) in [6.07, 6.45) is 3.01. The number of nitrogens with one attached hydrogen (secondary N) is 1. The monoisotopic (exact) mass is 368 g/mol. The average molecular weight is 368 g/mol. The standard InChI is InChI=1S/C19H16N2O6/c1-23-13-7-10(8-14(24-2)16(13)25-3)15-11-9-20-19(22)21-18(11)27-17(15)12-5-4-6-26-12/h4-9H,1-3H3,(H,20,21,22). The SMILES string of the molecule is COc1cc(-c2c(-c3ccco3)oc3[nH]c(=O)ncc23)cc(OC)c1OC. The largest absolute Gasteiger partial charge is 0.493 e. The number of hydrogen-bond acceptors (Lipinski definition) is 7. The highest BCUT2D eigenvalue weighted by Gasteiger charge is 2.23. The maximum absolute atomic E-state index is 11.6. The molecule has 138 valence electrons. The Balaban J connectivity index is 2.06. The van der Waals surface area contributed by atoms with Crippen LogP contribution in [0.5, 0.6) is 17.2 Å². The second-order valence-electron chi connectivity index (χ2n) is 5.63. The van der Waals surface area contributed by atoms with Crippen LogP contribution in [0.2, 0.25) is 0 Å². The van der Waals surface area contributed by atoms with Crippen LogP contribution in [0.15, 0.2) is 50.4 Å². The fourth-order valence-electron chi connectivity index (χ4n) is 3.01. The molecule has 8 nitrogen and oxygen atoms in total. The number of H-pyrrole nitrogens is 1. The molecule has 0 amide bonds. The molecule has 4 rings (SSSR count). The quantitative estimate of drug-likeness (QED) is 0.576. The van der Waals surface area contributed by atoms with Crippen molar-refractivity contribution < 1.29 is 23.0 Å². The number of rotatable bonds is 5. The molecule has 0 aliphatic heterocycles. The zero-order valence-corrected chi connectivity index (χ0v) is 14.9. The third-order valence-corrected chi connectivity index (χ3v) is 4.17. The molecule has 0 aliphatic carbocycles. The van der Waals surface area contributed by atoms with Gasteiger partial charge in [-0.15, -0.1) is 0 Å². The predicted octanol–water partition coefficient (Wildman–Crippen LogP) is 3.47. The molecule has 27 heavy (non-hydrogen) atoms. The molecule has 0 radical (unpaired) electrons. The number of aromatic amines is 1. The van der Waals surface area contributed by atoms with Gasteiger partial charge in [-0.1, -0.05) is 0 Å². The van der Waals surface area contributed by atoms with Crippen molar-refractivity contribution in [1.29, 1.82) is 0 Å². The van der Waals surface area contributed by atoms with Crippen molar-refractivity contribution in [2.24, 2.45) is 0 Å². The normalized spacial score (nSPS) is 10.9. The fourth-order valence-corrected chi connectivity index (χ4v) is 3.01. The van der Waals surface area contributed by atoms with Crippen molar-refractivity contribution in [2.45, 2.75) is 0 Å². The van der Waals surface area contributed by atoms with Gasteiger partial charge in [-0.25, -0.2) is 9.78 Å². The van der Waals surface area contributed by atoms with E-state index in [0.717, 1.165) is 5.56 Å². The van der Waals surface area contributed by atoms with Crippen LogP contribution in [-0.2, 0) is 0 Å². The van der Waals surface area contributed by atoms with Gasteiger partial charge in [-0.05, 0) is 29.8 Å². The summed E-state index contributed by atoms with van der Waals surface area (Å²) < 4.78 is 27.7. The summed E-state index contributed by atoms with van der Waals surface area (Å²) in [5, 5.41) is 0.621. The number of aromatic nitrogens is 2. The highest BCUT2D eigenvalue weighted by atomic mass is 16.5. The van der Waals surface area contributed by atoms with Crippen LogP contribution in [0.25, 0.3) is 33.7 Å². The second-order valence-corrected chi connectivity index (χ2v) is 5.63. The number of furan rings is 2. The predicted molar refractivity (Wildman–Crippen MR) is 97.4 cm³/mol. The van der Waals surface area contributed by atoms with Crippen molar-refractivity contribution in [3.8, 4) is 39.9 Å². The summed E-state index contributed by atoms with van der Waals surface area (Å²) in [5.41, 5.74) is 1.20. The Morgan fingerprint density at radius 3 is 2.41 bits per heavy atom. The van der Waals surface area contributed by atoms with Crippen LogP contribution in [0, 0.1) is 0 Å². The van der Waals surface area contributed by atoms with Gasteiger partial charge >= 0.3 is 5.69 Å². The molecule has 3 aromatic heterocycles. The van der Waals surface area contributed by atoms with Gasteiger partial charge in [0.05, 0.1) is 33.0 Å². The van der Waals surface area contributed by atoms with Gasteiger partial charge in [0.15, 0.2) is 23.0 Å². The molecule has 0 aliphatic rings. The summed E-state index contributed by atoms with van der Waals surface area (Å²) in [6.45, 7) is 0. The highest BCUT2D eigenvalue weighted by Crippen LogP contribution is 2.46. The van der Waals surface area contributed by atoms with E-state index in [1.54, 1.807) is 44.7 Å². The lowest BCUT2D eigenvalue weighted by atomic mass is 10.0. The molecule has 0 saturated heterocycles. The molecule has 1 N–H and O–H groups in total. The molecule has 0 saturated carbocycles. The van der Waals surface area contributed by atoms with Crippen molar-refractivity contribution >= 4 is 11.1 Å². The topological polar surface area (TPSA) is 99.7 Å². The van der Waals surface area contributed by atoms with E-state index in [1.165, 1.54) is 13.3 Å². The third kappa shape index (κ3) is 2.71. The number of nitrogens with zero attached hydrogens (tertiary/aromatic N) is 1. The Hall–Kier alpha value is -3.68. The maximum Gasteiger partial charge on any atom is 0.347 e. The minimum absolute atomic E-state index is 0.296. The Morgan fingerprint density at radius 1 is 1.07 bits per heavy atom. The zero-order chi connectivity index (χ0) is 19.0. The van der Waals surface area contributed by atoms with E-state index >= 15 is 0 Å². The molecule has 0 bridgehead atoms. The lowest BCUT2D eigenvalue weighted by molar-refractivity contribution is 0.324. The van der Waals surface area contributed by atoms with E-state index in [4.69, 9.17) is 23.0 Å². The first-order valence-corrected chi connectivity index (χ1v) is 8.02. The van der Waals surface area contributed by atoms with Gasteiger partial charge in [0, 0.05) is 11.8 Å². The van der Waals surface area contributed by atoms with Crippen LogP contribution in [0.1, 0.15) is 0 Å². The van der Waals surface area contributed by atoms with Crippen LogP contribution < -0.4 is 19.9 Å². The van der Waals surface area contributed by atoms with Gasteiger partial charge < -0.3 is 23.0 Å². The minimum atomic E-state index is -0.501. The van der Waals surface area contributed by atoms with Crippen LogP contribution >= 0.6 is 0 Å². The zero-order valence-electron chi connectivity index (χ0n) is 14.9. The minimum Gasteiger partial charge on any atom is -0.493 e. The summed E-state index contributed by atoms with van der Waals surface area (Å²) in [7, 11) is 4.62. The molecule has 4 aromatic rings. The number of hydrogen-bond donors (Lipinski definition) is 1. The molecule has 0 unspecified atom stereocenters. The van der Waals surface area contributed by atoms with E-state index in [9.17, 15) is 4.79 Å². The van der Waals surface area contributed by atoms with E-state index < -0.39 is 5.69 Å². The molecule has 0 atom stereocenters. The van der Waals surface area contributed by atoms with Gasteiger partial charge in [0.1, 0.15) is 0 Å². The van der Waals surface area contributed by atoms with Gasteiger partial charge in [0.25, 0.3) is 0 Å². The molecule has 3 heterocycles. The molecule has 8 heteroatoms. The lowest BCUT2D eigenvalue weighted by Gasteiger charge is -2.14. The molecule has 0 fully saturated rings. The van der Waals surface area contributed by atoms with Crippen LogP contribution in [-0.4, -0.2) is 31.3 Å². The molecule has 1 aromatic carbocycles. The maximum atomic E-state index is 11.6. The summed E-state index contributed by atoms with van der Waals surface area (Å²) >= 11 is 0. The number of fused-ring (bicyclic) bond motifs is 1. The van der Waals surface area contributed by atoms with Crippen molar-refractivity contribution in [2.75, 3.05) is 21.3 Å². The first-order chi connectivity index (χ1) is 13.2. The second kappa shape index (κ2) is 6.56. The van der Waals surface area contributed by atoms with Crippen LogP contribution in [0.3, 0.4) is 0 Å². The highest BCUT2D eigenvalue weighted by molar-refractivity contribution is 6.00. The van der Waals surface area contributed by atoms with E-state index in [1.807, 2.05) is 0 Å². The number of methoxy groups -OCH3 is 3. The number of benzene rings is 1. The molecule has 0 spiro atoms. The first kappa shape index (κ1) is 16.8. The summed E-state index contributed by atoms with van der Waals surface area (Å²) in [5.74, 6) is 2.42. The van der Waals surface area contributed by atoms with Crippen molar-refractivity contribution in [3.05, 3.63) is 47.2 Å². The summed E-state index contributed by atoms with van der Waals surface area (Å²) in [6, 6.07) is 7.11. The first-order valence-electron chi connectivity index (χ1n) is 8.02. The Kier molecular flexibility index (Phi) is 4.08. The Bertz CT molecular complexity index is 1130. The van der Waals surface area contributed by atoms with Crippen molar-refractivity contribution in [3.63, 3.8) is 0 Å². The van der Waals surface area contributed by atoms with Gasteiger partial charge in [0.2, 0.25) is 11.5 Å². The molecular weight excluding hydrogens is 352 g/mol.